The van der Waals surface area contributed by atoms with E-state index in [0.29, 0.717) is 12.1 Å². The molecule has 3 unspecified atom stereocenters. The van der Waals surface area contributed by atoms with Gasteiger partial charge in [-0.05, 0) is 43.5 Å². The van der Waals surface area contributed by atoms with Crippen molar-refractivity contribution in [2.24, 2.45) is 11.3 Å². The van der Waals surface area contributed by atoms with Crippen LogP contribution >= 0.6 is 0 Å². The van der Waals surface area contributed by atoms with Gasteiger partial charge in [-0.2, -0.15) is 0 Å². The van der Waals surface area contributed by atoms with Crippen LogP contribution in [0.3, 0.4) is 0 Å². The zero-order valence-corrected chi connectivity index (χ0v) is 18.0. The number of para-hydroxylation sites is 1. The van der Waals surface area contributed by atoms with Crippen LogP contribution < -0.4 is 40.0 Å². The van der Waals surface area contributed by atoms with Gasteiger partial charge in [-0.1, -0.05) is 44.9 Å². The summed E-state index contributed by atoms with van der Waals surface area (Å²) in [7, 11) is 0. The number of ketones is 1. The zero-order valence-electron chi connectivity index (χ0n) is 16.0. The molecule has 0 bridgehead atoms. The van der Waals surface area contributed by atoms with Gasteiger partial charge >= 0.3 is 29.6 Å². The molecule has 5 nitrogen and oxygen atoms in total. The summed E-state index contributed by atoms with van der Waals surface area (Å²) in [5.41, 5.74) is 0.219. The van der Waals surface area contributed by atoms with Crippen LogP contribution in [-0.2, 0) is 9.59 Å². The summed E-state index contributed by atoms with van der Waals surface area (Å²) >= 11 is 0. The molecule has 1 aliphatic carbocycles. The van der Waals surface area contributed by atoms with E-state index in [1.165, 1.54) is 6.42 Å². The van der Waals surface area contributed by atoms with Crippen molar-refractivity contribution in [3.05, 3.63) is 30.3 Å². The summed E-state index contributed by atoms with van der Waals surface area (Å²) in [4.78, 5) is 28.1. The molecule has 3 rings (SSSR count). The van der Waals surface area contributed by atoms with Crippen molar-refractivity contribution in [3.63, 3.8) is 0 Å². The number of likely N-dealkylation sites (tertiary alicyclic amines) is 1. The van der Waals surface area contributed by atoms with Crippen molar-refractivity contribution in [2.45, 2.75) is 51.7 Å². The number of nitrogens with one attached hydrogen (secondary N) is 1. The van der Waals surface area contributed by atoms with E-state index in [1.54, 1.807) is 12.1 Å². The van der Waals surface area contributed by atoms with Gasteiger partial charge < -0.3 is 10.4 Å². The maximum absolute atomic E-state index is 13.2. The summed E-state index contributed by atoms with van der Waals surface area (Å²) in [5.74, 6) is -1.78. The monoisotopic (exact) mass is 366 g/mol. The second-order valence-electron chi connectivity index (χ2n) is 7.97. The molecule has 3 atom stereocenters. The maximum atomic E-state index is 13.2. The standard InChI is InChI=1S/C20H27N2O3.Na/c1-20(2)13-15(23)16(19(25)21-14-9-5-3-6-10-14)17(24)18(20)22-11-7-4-8-12-22;/h3,5-6,9-10,15-16,18H,4,7-8,11-13H2,1-2H3,(H,21,25);/q-1;+1. The normalized spacial score (nSPS) is 28.9. The molecule has 6 heteroatoms. The van der Waals surface area contributed by atoms with Crippen molar-refractivity contribution in [3.8, 4) is 0 Å². The van der Waals surface area contributed by atoms with Gasteiger partial charge in [0.1, 0.15) is 0 Å². The van der Waals surface area contributed by atoms with Crippen LogP contribution in [0.15, 0.2) is 30.3 Å². The van der Waals surface area contributed by atoms with Gasteiger partial charge in [0.25, 0.3) is 0 Å². The Kier molecular flexibility index (Phi) is 7.45. The Bertz CT molecular complexity index is 629. The molecule has 1 aromatic rings. The second-order valence-corrected chi connectivity index (χ2v) is 7.97. The Hall–Kier alpha value is -0.720. The van der Waals surface area contributed by atoms with Gasteiger partial charge in [0.05, 0.1) is 12.0 Å². The molecule has 0 radical (unpaired) electrons. The average molecular weight is 366 g/mol. The second kappa shape index (κ2) is 8.98. The molecule has 1 saturated heterocycles. The number of rotatable bonds is 3. The van der Waals surface area contributed by atoms with Gasteiger partial charge in [-0.25, -0.2) is 0 Å². The van der Waals surface area contributed by atoms with E-state index in [4.69, 9.17) is 0 Å². The summed E-state index contributed by atoms with van der Waals surface area (Å²) in [6, 6.07) is 8.66. The van der Waals surface area contributed by atoms with Crippen molar-refractivity contribution >= 4 is 17.4 Å². The first-order valence-electron chi connectivity index (χ1n) is 9.20. The smallest absolute Gasteiger partial charge is 0.851 e. The summed E-state index contributed by atoms with van der Waals surface area (Å²) in [5, 5.41) is 15.4. The Morgan fingerprint density at radius 1 is 1.15 bits per heavy atom. The Morgan fingerprint density at radius 2 is 1.77 bits per heavy atom. The number of Topliss-reactive ketones (excluding diaryl/α,β-unsaturated/α-hetero) is 1. The van der Waals surface area contributed by atoms with Crippen LogP contribution in [0.2, 0.25) is 0 Å². The Labute approximate surface area is 177 Å². The zero-order chi connectivity index (χ0) is 18.0. The van der Waals surface area contributed by atoms with Gasteiger partial charge in [0, 0.05) is 5.69 Å². The van der Waals surface area contributed by atoms with Crippen LogP contribution in [0.1, 0.15) is 39.5 Å². The average Bonchev–Trinajstić information content (AvgIpc) is 2.55. The van der Waals surface area contributed by atoms with Gasteiger partial charge in [0.15, 0.2) is 5.78 Å². The molecule has 1 aromatic carbocycles. The van der Waals surface area contributed by atoms with Crippen LogP contribution in [-0.4, -0.2) is 41.8 Å². The van der Waals surface area contributed by atoms with Crippen LogP contribution in [0.25, 0.3) is 0 Å². The van der Waals surface area contributed by atoms with Crippen molar-refractivity contribution in [1.29, 1.82) is 0 Å². The maximum Gasteiger partial charge on any atom is 1.00 e. The van der Waals surface area contributed by atoms with Gasteiger partial charge in [-0.15, -0.1) is 6.10 Å². The number of anilines is 1. The van der Waals surface area contributed by atoms with Crippen LogP contribution in [0.4, 0.5) is 5.69 Å². The number of hydrogen-bond acceptors (Lipinski definition) is 4. The first-order chi connectivity index (χ1) is 11.9. The first-order valence-corrected chi connectivity index (χ1v) is 9.20. The molecule has 2 aliphatic rings. The minimum Gasteiger partial charge on any atom is -0.851 e. The van der Waals surface area contributed by atoms with E-state index in [2.05, 4.69) is 10.2 Å². The van der Waals surface area contributed by atoms with Crippen LogP contribution in [0, 0.1) is 11.3 Å². The molecular weight excluding hydrogens is 339 g/mol. The topological polar surface area (TPSA) is 72.5 Å². The van der Waals surface area contributed by atoms with Crippen molar-refractivity contribution in [2.75, 3.05) is 18.4 Å². The van der Waals surface area contributed by atoms with E-state index < -0.39 is 23.3 Å². The predicted octanol–water partition coefficient (Wildman–Crippen LogP) is -1.17. The molecule has 1 N–H and O–H groups in total. The summed E-state index contributed by atoms with van der Waals surface area (Å²) < 4.78 is 0. The largest absolute Gasteiger partial charge is 1.00 e. The minimum atomic E-state index is -1.19. The molecular formula is C20H27N2NaO3. The Balaban J connectivity index is 0.00000243. The van der Waals surface area contributed by atoms with E-state index in [-0.39, 0.29) is 41.4 Å². The summed E-state index contributed by atoms with van der Waals surface area (Å²) in [6.45, 7) is 5.72. The molecule has 2 fully saturated rings. The van der Waals surface area contributed by atoms with E-state index in [9.17, 15) is 14.7 Å². The fourth-order valence-corrected chi connectivity index (χ4v) is 4.38. The molecule has 1 aliphatic heterocycles. The third-order valence-corrected chi connectivity index (χ3v) is 5.49. The molecule has 136 valence electrons. The summed E-state index contributed by atoms with van der Waals surface area (Å²) in [6.07, 6.45) is 2.47. The molecule has 1 saturated carbocycles. The minimum absolute atomic E-state index is 0. The number of nitrogens with zero attached hydrogens (tertiary/aromatic N) is 1. The molecule has 26 heavy (non-hydrogen) atoms. The van der Waals surface area contributed by atoms with Gasteiger partial charge in [0.2, 0.25) is 5.91 Å². The fraction of sp³-hybridized carbons (Fsp3) is 0.600. The molecule has 1 heterocycles. The molecule has 0 spiro atoms. The predicted molar refractivity (Wildman–Crippen MR) is 95.0 cm³/mol. The van der Waals surface area contributed by atoms with Crippen LogP contribution in [0.5, 0.6) is 0 Å². The third kappa shape index (κ3) is 4.57. The Morgan fingerprint density at radius 3 is 2.38 bits per heavy atom. The number of piperidine rings is 1. The van der Waals surface area contributed by atoms with E-state index >= 15 is 0 Å². The number of carbonyl (C=O) groups is 2. The van der Waals surface area contributed by atoms with E-state index in [1.807, 2.05) is 32.0 Å². The quantitative estimate of drug-likeness (QED) is 0.540. The van der Waals surface area contributed by atoms with Crippen molar-refractivity contribution < 1.29 is 44.3 Å². The number of carbonyl (C=O) groups excluding carboxylic acids is 2. The molecule has 0 aromatic heterocycles. The SMILES string of the molecule is CC1(C)CC([O-])C(C(=O)Nc2ccccc2)C(=O)C1N1CCCCC1.[Na+]. The number of hydrogen-bond donors (Lipinski definition) is 1. The molecule has 1 amide bonds. The first kappa shape index (κ1) is 21.6. The van der Waals surface area contributed by atoms with E-state index in [0.717, 1.165) is 25.9 Å². The number of amides is 1. The van der Waals surface area contributed by atoms with Gasteiger partial charge in [-0.3, -0.25) is 14.5 Å². The fourth-order valence-electron chi connectivity index (χ4n) is 4.38. The van der Waals surface area contributed by atoms with Crippen molar-refractivity contribution in [1.82, 2.24) is 4.90 Å². The number of benzene rings is 1. The third-order valence-electron chi connectivity index (χ3n) is 5.49.